The average molecular weight is 220 g/mol. The van der Waals surface area contributed by atoms with E-state index in [4.69, 9.17) is 5.73 Å². The molecule has 1 aromatic carbocycles. The minimum absolute atomic E-state index is 0.202. The van der Waals surface area contributed by atoms with Gasteiger partial charge in [0.2, 0.25) is 0 Å². The van der Waals surface area contributed by atoms with Crippen LogP contribution in [0.4, 0.5) is 5.69 Å². The number of nitrogens with two attached hydrogens (primary N) is 1. The predicted molar refractivity (Wildman–Crippen MR) is 66.2 cm³/mol. The largest absolute Gasteiger partial charge is 0.399 e. The van der Waals surface area contributed by atoms with Gasteiger partial charge < -0.3 is 10.8 Å². The molecule has 0 radical (unpaired) electrons. The van der Waals surface area contributed by atoms with Crippen molar-refractivity contribution in [2.45, 2.75) is 31.8 Å². The fourth-order valence-corrected chi connectivity index (χ4v) is 2.47. The Labute approximate surface area is 96.9 Å². The standard InChI is InChI=1S/C13H20N2O/c1-9(8-16)15(2)13-6-3-10-7-11(14)4-5-12(10)13/h4-5,7,9,13,16H,3,6,8,14H2,1-2H3. The first-order chi connectivity index (χ1) is 7.63. The molecule has 1 aromatic rings. The summed E-state index contributed by atoms with van der Waals surface area (Å²) in [7, 11) is 2.08. The van der Waals surface area contributed by atoms with Crippen molar-refractivity contribution in [3.05, 3.63) is 29.3 Å². The smallest absolute Gasteiger partial charge is 0.0584 e. The summed E-state index contributed by atoms with van der Waals surface area (Å²) >= 11 is 0. The van der Waals surface area contributed by atoms with Crippen LogP contribution in [-0.2, 0) is 6.42 Å². The highest BCUT2D eigenvalue weighted by atomic mass is 16.3. The fraction of sp³-hybridized carbons (Fsp3) is 0.538. The number of likely N-dealkylation sites (N-methyl/N-ethyl adjacent to an activating group) is 1. The van der Waals surface area contributed by atoms with Crippen molar-refractivity contribution in [3.8, 4) is 0 Å². The molecule has 0 aliphatic heterocycles. The molecule has 0 aromatic heterocycles. The number of aryl methyl sites for hydroxylation is 1. The van der Waals surface area contributed by atoms with E-state index in [0.717, 1.165) is 18.5 Å². The second-order valence-corrected chi connectivity index (χ2v) is 4.71. The van der Waals surface area contributed by atoms with E-state index in [1.165, 1.54) is 11.1 Å². The van der Waals surface area contributed by atoms with Gasteiger partial charge in [0, 0.05) is 17.8 Å². The molecule has 88 valence electrons. The Morgan fingerprint density at radius 1 is 1.56 bits per heavy atom. The van der Waals surface area contributed by atoms with Crippen molar-refractivity contribution in [2.24, 2.45) is 0 Å². The number of fused-ring (bicyclic) bond motifs is 1. The van der Waals surface area contributed by atoms with E-state index in [1.807, 2.05) is 6.07 Å². The first kappa shape index (κ1) is 11.4. The third-order valence-electron chi connectivity index (χ3n) is 3.66. The summed E-state index contributed by atoms with van der Waals surface area (Å²) < 4.78 is 0. The van der Waals surface area contributed by atoms with E-state index in [2.05, 4.69) is 31.0 Å². The molecular formula is C13H20N2O. The molecule has 0 fully saturated rings. The molecule has 0 spiro atoms. The SMILES string of the molecule is CC(CO)N(C)C1CCc2cc(N)ccc21. The molecule has 2 rings (SSSR count). The Morgan fingerprint density at radius 3 is 3.00 bits per heavy atom. The van der Waals surface area contributed by atoms with Crippen molar-refractivity contribution in [2.75, 3.05) is 19.4 Å². The van der Waals surface area contributed by atoms with Crippen LogP contribution in [0.15, 0.2) is 18.2 Å². The van der Waals surface area contributed by atoms with E-state index < -0.39 is 0 Å². The van der Waals surface area contributed by atoms with Crippen molar-refractivity contribution in [1.82, 2.24) is 4.90 Å². The molecule has 0 heterocycles. The number of anilines is 1. The molecule has 0 bridgehead atoms. The van der Waals surface area contributed by atoms with Gasteiger partial charge in [-0.25, -0.2) is 0 Å². The van der Waals surface area contributed by atoms with Gasteiger partial charge in [-0.3, -0.25) is 4.90 Å². The predicted octanol–water partition coefficient (Wildman–Crippen LogP) is 1.57. The number of hydrogen-bond donors (Lipinski definition) is 2. The Morgan fingerprint density at radius 2 is 2.31 bits per heavy atom. The number of aliphatic hydroxyl groups is 1. The molecule has 16 heavy (non-hydrogen) atoms. The van der Waals surface area contributed by atoms with Gasteiger partial charge in [0.1, 0.15) is 0 Å². The molecule has 2 atom stereocenters. The lowest BCUT2D eigenvalue weighted by Crippen LogP contribution is -2.34. The first-order valence-electron chi connectivity index (χ1n) is 5.84. The summed E-state index contributed by atoms with van der Waals surface area (Å²) in [5, 5.41) is 9.20. The molecule has 0 saturated carbocycles. The Kier molecular flexibility index (Phi) is 3.17. The molecular weight excluding hydrogens is 200 g/mol. The molecule has 3 N–H and O–H groups in total. The third-order valence-corrected chi connectivity index (χ3v) is 3.66. The van der Waals surface area contributed by atoms with Crippen LogP contribution in [0, 0.1) is 0 Å². The average Bonchev–Trinajstić information content (AvgIpc) is 2.69. The lowest BCUT2D eigenvalue weighted by molar-refractivity contribution is 0.120. The maximum absolute atomic E-state index is 9.20. The normalized spacial score (nSPS) is 21.1. The number of nitrogens with zero attached hydrogens (tertiary/aromatic N) is 1. The van der Waals surface area contributed by atoms with Crippen LogP contribution in [0.5, 0.6) is 0 Å². The van der Waals surface area contributed by atoms with Crippen LogP contribution in [0.25, 0.3) is 0 Å². The van der Waals surface area contributed by atoms with Gasteiger partial charge in [-0.1, -0.05) is 6.07 Å². The Hall–Kier alpha value is -1.06. The second-order valence-electron chi connectivity index (χ2n) is 4.71. The maximum atomic E-state index is 9.20. The highest BCUT2D eigenvalue weighted by molar-refractivity contribution is 5.47. The van der Waals surface area contributed by atoms with Gasteiger partial charge >= 0.3 is 0 Å². The molecule has 1 aliphatic rings. The van der Waals surface area contributed by atoms with E-state index in [0.29, 0.717) is 6.04 Å². The van der Waals surface area contributed by atoms with Crippen LogP contribution < -0.4 is 5.73 Å². The maximum Gasteiger partial charge on any atom is 0.0584 e. The summed E-state index contributed by atoms with van der Waals surface area (Å²) in [6.45, 7) is 2.26. The number of rotatable bonds is 3. The summed E-state index contributed by atoms with van der Waals surface area (Å²) in [5.41, 5.74) is 9.36. The lowest BCUT2D eigenvalue weighted by Gasteiger charge is -2.30. The van der Waals surface area contributed by atoms with E-state index in [1.54, 1.807) is 0 Å². The van der Waals surface area contributed by atoms with Crippen LogP contribution in [0.1, 0.15) is 30.5 Å². The topological polar surface area (TPSA) is 49.5 Å². The molecule has 0 amide bonds. The zero-order valence-electron chi connectivity index (χ0n) is 9.98. The third kappa shape index (κ3) is 1.93. The number of hydrogen-bond acceptors (Lipinski definition) is 3. The fourth-order valence-electron chi connectivity index (χ4n) is 2.47. The van der Waals surface area contributed by atoms with Crippen molar-refractivity contribution >= 4 is 5.69 Å². The zero-order chi connectivity index (χ0) is 11.7. The minimum atomic E-state index is 0.202. The van der Waals surface area contributed by atoms with Crippen LogP contribution in [0.3, 0.4) is 0 Å². The monoisotopic (exact) mass is 220 g/mol. The highest BCUT2D eigenvalue weighted by Crippen LogP contribution is 2.36. The zero-order valence-corrected chi connectivity index (χ0v) is 9.98. The first-order valence-corrected chi connectivity index (χ1v) is 5.84. The molecule has 3 heteroatoms. The summed E-state index contributed by atoms with van der Waals surface area (Å²) in [6.07, 6.45) is 2.22. The van der Waals surface area contributed by atoms with Gasteiger partial charge in [-0.2, -0.15) is 0 Å². The molecule has 1 aliphatic carbocycles. The Bertz CT molecular complexity index is 378. The molecule has 2 unspecified atom stereocenters. The summed E-state index contributed by atoms with van der Waals surface area (Å²) in [4.78, 5) is 2.25. The number of nitrogen functional groups attached to an aromatic ring is 1. The number of benzene rings is 1. The van der Waals surface area contributed by atoms with Gasteiger partial charge in [0.15, 0.2) is 0 Å². The van der Waals surface area contributed by atoms with Crippen molar-refractivity contribution in [1.29, 1.82) is 0 Å². The second kappa shape index (κ2) is 4.44. The van der Waals surface area contributed by atoms with Gasteiger partial charge in [-0.05, 0) is 50.1 Å². The van der Waals surface area contributed by atoms with Gasteiger partial charge in [0.25, 0.3) is 0 Å². The van der Waals surface area contributed by atoms with E-state index >= 15 is 0 Å². The quantitative estimate of drug-likeness (QED) is 0.760. The summed E-state index contributed by atoms with van der Waals surface area (Å²) in [5.74, 6) is 0. The van der Waals surface area contributed by atoms with Gasteiger partial charge in [-0.15, -0.1) is 0 Å². The van der Waals surface area contributed by atoms with E-state index in [-0.39, 0.29) is 12.6 Å². The minimum Gasteiger partial charge on any atom is -0.399 e. The molecule has 3 nitrogen and oxygen atoms in total. The lowest BCUT2D eigenvalue weighted by atomic mass is 10.1. The van der Waals surface area contributed by atoms with Crippen molar-refractivity contribution in [3.63, 3.8) is 0 Å². The molecule has 0 saturated heterocycles. The van der Waals surface area contributed by atoms with Crippen LogP contribution in [-0.4, -0.2) is 29.7 Å². The Balaban J connectivity index is 2.23. The highest BCUT2D eigenvalue weighted by Gasteiger charge is 2.27. The van der Waals surface area contributed by atoms with Crippen LogP contribution in [0.2, 0.25) is 0 Å². The van der Waals surface area contributed by atoms with Gasteiger partial charge in [0.05, 0.1) is 6.61 Å². The number of aliphatic hydroxyl groups excluding tert-OH is 1. The van der Waals surface area contributed by atoms with Crippen LogP contribution >= 0.6 is 0 Å². The van der Waals surface area contributed by atoms with E-state index in [9.17, 15) is 5.11 Å². The summed E-state index contributed by atoms with van der Waals surface area (Å²) in [6, 6.07) is 6.80. The van der Waals surface area contributed by atoms with Crippen molar-refractivity contribution < 1.29 is 5.11 Å².